The van der Waals surface area contributed by atoms with Crippen LogP contribution in [0.25, 0.3) is 6.08 Å². The van der Waals surface area contributed by atoms with E-state index < -0.39 is 16.0 Å². The molecule has 0 fully saturated rings. The summed E-state index contributed by atoms with van der Waals surface area (Å²) in [5.41, 5.74) is 2.79. The van der Waals surface area contributed by atoms with Crippen LogP contribution in [0, 0.1) is 0 Å². The molecular weight excluding hydrogens is 328 g/mol. The number of para-hydroxylation sites is 1. The van der Waals surface area contributed by atoms with Crippen molar-refractivity contribution in [1.82, 2.24) is 0 Å². The smallest absolute Gasteiger partial charge is 0.331 e. The van der Waals surface area contributed by atoms with Crippen LogP contribution in [-0.2, 0) is 14.8 Å². The lowest BCUT2D eigenvalue weighted by Crippen LogP contribution is -2.19. The predicted molar refractivity (Wildman–Crippen MR) is 91.5 cm³/mol. The normalized spacial score (nSPS) is 14.5. The number of anilines is 2. The van der Waals surface area contributed by atoms with E-state index in [9.17, 15) is 18.3 Å². The van der Waals surface area contributed by atoms with Gasteiger partial charge in [0, 0.05) is 23.5 Å². The van der Waals surface area contributed by atoms with E-state index in [4.69, 9.17) is 5.14 Å². The maximum Gasteiger partial charge on any atom is 0.331 e. The van der Waals surface area contributed by atoms with Gasteiger partial charge in [-0.15, -0.1) is 0 Å². The first-order valence-corrected chi connectivity index (χ1v) is 8.84. The molecular formula is C17H16N2O4S. The SMILES string of the molecule is NS(=O)(=O)c1ccc(N2CCC(C(=O)O)=Cc3ccccc32)cc1. The molecule has 3 rings (SSSR count). The molecule has 0 atom stereocenters. The van der Waals surface area contributed by atoms with E-state index in [0.29, 0.717) is 18.5 Å². The van der Waals surface area contributed by atoms with Gasteiger partial charge in [0.1, 0.15) is 0 Å². The zero-order chi connectivity index (χ0) is 17.3. The average Bonchev–Trinajstić information content (AvgIpc) is 2.74. The second-order valence-corrected chi connectivity index (χ2v) is 7.04. The van der Waals surface area contributed by atoms with Gasteiger partial charge in [-0.3, -0.25) is 0 Å². The van der Waals surface area contributed by atoms with Crippen LogP contribution in [0.3, 0.4) is 0 Å². The summed E-state index contributed by atoms with van der Waals surface area (Å²) in [6, 6.07) is 13.7. The summed E-state index contributed by atoms with van der Waals surface area (Å²) in [6.07, 6.45) is 2.05. The molecule has 0 aromatic heterocycles. The Kier molecular flexibility index (Phi) is 4.13. The first-order valence-electron chi connectivity index (χ1n) is 7.29. The Morgan fingerprint density at radius 3 is 2.38 bits per heavy atom. The largest absolute Gasteiger partial charge is 0.478 e. The van der Waals surface area contributed by atoms with Crippen LogP contribution in [0.5, 0.6) is 0 Å². The van der Waals surface area contributed by atoms with Gasteiger partial charge in [-0.05, 0) is 48.4 Å². The summed E-state index contributed by atoms with van der Waals surface area (Å²) in [5.74, 6) is -0.934. The van der Waals surface area contributed by atoms with E-state index in [1.54, 1.807) is 18.2 Å². The molecule has 0 bridgehead atoms. The number of carboxylic acids is 1. The Morgan fingerprint density at radius 1 is 1.08 bits per heavy atom. The highest BCUT2D eigenvalue weighted by Gasteiger charge is 2.20. The van der Waals surface area contributed by atoms with Gasteiger partial charge in [0.15, 0.2) is 0 Å². The summed E-state index contributed by atoms with van der Waals surface area (Å²) in [5, 5.41) is 14.4. The van der Waals surface area contributed by atoms with E-state index in [-0.39, 0.29) is 4.90 Å². The Bertz CT molecular complexity index is 918. The molecule has 0 saturated heterocycles. The fourth-order valence-electron chi connectivity index (χ4n) is 2.72. The van der Waals surface area contributed by atoms with Crippen molar-refractivity contribution in [3.8, 4) is 0 Å². The molecule has 2 aromatic carbocycles. The molecule has 0 aliphatic carbocycles. The highest BCUT2D eigenvalue weighted by molar-refractivity contribution is 7.89. The minimum atomic E-state index is -3.74. The van der Waals surface area contributed by atoms with Crippen molar-refractivity contribution in [1.29, 1.82) is 0 Å². The lowest BCUT2D eigenvalue weighted by molar-refractivity contribution is -0.132. The summed E-state index contributed by atoms with van der Waals surface area (Å²) in [6.45, 7) is 0.476. The zero-order valence-electron chi connectivity index (χ0n) is 12.7. The molecule has 7 heteroatoms. The molecule has 0 unspecified atom stereocenters. The number of carbonyl (C=O) groups is 1. The van der Waals surface area contributed by atoms with E-state index in [1.165, 1.54) is 12.1 Å². The van der Waals surface area contributed by atoms with Crippen molar-refractivity contribution >= 4 is 33.4 Å². The molecule has 0 spiro atoms. The number of sulfonamides is 1. The third-order valence-corrected chi connectivity index (χ3v) is 4.84. The lowest BCUT2D eigenvalue weighted by atomic mass is 10.1. The number of hydrogen-bond donors (Lipinski definition) is 2. The molecule has 0 amide bonds. The fourth-order valence-corrected chi connectivity index (χ4v) is 3.24. The minimum Gasteiger partial charge on any atom is -0.478 e. The van der Waals surface area contributed by atoms with Crippen molar-refractivity contribution < 1.29 is 18.3 Å². The molecule has 3 N–H and O–H groups in total. The van der Waals surface area contributed by atoms with Crippen molar-refractivity contribution in [3.05, 3.63) is 59.7 Å². The van der Waals surface area contributed by atoms with Gasteiger partial charge in [0.2, 0.25) is 10.0 Å². The second-order valence-electron chi connectivity index (χ2n) is 5.47. The van der Waals surface area contributed by atoms with E-state index in [0.717, 1.165) is 16.9 Å². The number of nitrogens with zero attached hydrogens (tertiary/aromatic N) is 1. The Labute approximate surface area is 139 Å². The summed E-state index contributed by atoms with van der Waals surface area (Å²) < 4.78 is 22.8. The number of nitrogens with two attached hydrogens (primary N) is 1. The van der Waals surface area contributed by atoms with Crippen LogP contribution in [0.2, 0.25) is 0 Å². The van der Waals surface area contributed by atoms with Gasteiger partial charge in [0.25, 0.3) is 0 Å². The predicted octanol–water partition coefficient (Wildman–Crippen LogP) is 2.34. The highest BCUT2D eigenvalue weighted by atomic mass is 32.2. The molecule has 1 heterocycles. The molecule has 0 saturated carbocycles. The number of primary sulfonamides is 1. The van der Waals surface area contributed by atoms with Crippen LogP contribution in [0.4, 0.5) is 11.4 Å². The average molecular weight is 344 g/mol. The first-order chi connectivity index (χ1) is 11.4. The van der Waals surface area contributed by atoms with Crippen LogP contribution in [-0.4, -0.2) is 26.0 Å². The Morgan fingerprint density at radius 2 is 1.75 bits per heavy atom. The van der Waals surface area contributed by atoms with Crippen molar-refractivity contribution in [2.45, 2.75) is 11.3 Å². The van der Waals surface area contributed by atoms with Crippen LogP contribution in [0.1, 0.15) is 12.0 Å². The maximum absolute atomic E-state index is 11.4. The Balaban J connectivity index is 2.03. The van der Waals surface area contributed by atoms with Gasteiger partial charge >= 0.3 is 5.97 Å². The van der Waals surface area contributed by atoms with E-state index in [1.807, 2.05) is 29.2 Å². The number of rotatable bonds is 3. The van der Waals surface area contributed by atoms with Gasteiger partial charge in [-0.1, -0.05) is 18.2 Å². The Hall–Kier alpha value is -2.64. The molecule has 1 aliphatic rings. The van der Waals surface area contributed by atoms with Crippen molar-refractivity contribution in [2.24, 2.45) is 5.14 Å². The lowest BCUT2D eigenvalue weighted by Gasteiger charge is -2.25. The molecule has 0 radical (unpaired) electrons. The standard InChI is InChI=1S/C17H16N2O4S/c18-24(22,23)15-7-5-14(6-8-15)19-10-9-13(17(20)21)11-12-3-1-2-4-16(12)19/h1-8,11H,9-10H2,(H,20,21)(H2,18,22,23). The minimum absolute atomic E-state index is 0.0405. The first kappa shape index (κ1) is 16.2. The molecule has 124 valence electrons. The number of hydrogen-bond acceptors (Lipinski definition) is 4. The summed E-state index contributed by atoms with van der Waals surface area (Å²) in [4.78, 5) is 13.4. The van der Waals surface area contributed by atoms with Gasteiger partial charge in [-0.25, -0.2) is 18.4 Å². The maximum atomic E-state index is 11.4. The van der Waals surface area contributed by atoms with Gasteiger partial charge in [0.05, 0.1) is 4.90 Å². The third kappa shape index (κ3) is 3.17. The van der Waals surface area contributed by atoms with Crippen LogP contribution >= 0.6 is 0 Å². The summed E-state index contributed by atoms with van der Waals surface area (Å²) >= 11 is 0. The number of benzene rings is 2. The third-order valence-electron chi connectivity index (χ3n) is 3.91. The quantitative estimate of drug-likeness (QED) is 0.890. The topological polar surface area (TPSA) is 101 Å². The molecule has 24 heavy (non-hydrogen) atoms. The van der Waals surface area contributed by atoms with E-state index in [2.05, 4.69) is 0 Å². The van der Waals surface area contributed by atoms with Crippen LogP contribution < -0.4 is 10.0 Å². The van der Waals surface area contributed by atoms with Gasteiger partial charge in [-0.2, -0.15) is 0 Å². The highest BCUT2D eigenvalue weighted by Crippen LogP contribution is 2.33. The number of aliphatic carboxylic acids is 1. The van der Waals surface area contributed by atoms with Gasteiger partial charge < -0.3 is 10.0 Å². The molecule has 1 aliphatic heterocycles. The molecule has 2 aromatic rings. The monoisotopic (exact) mass is 344 g/mol. The second kappa shape index (κ2) is 6.10. The van der Waals surface area contributed by atoms with Crippen molar-refractivity contribution in [2.75, 3.05) is 11.4 Å². The number of fused-ring (bicyclic) bond motifs is 1. The fraction of sp³-hybridized carbons (Fsp3) is 0.118. The summed E-state index contributed by atoms with van der Waals surface area (Å²) in [7, 11) is -3.74. The molecule has 6 nitrogen and oxygen atoms in total. The zero-order valence-corrected chi connectivity index (χ0v) is 13.5. The van der Waals surface area contributed by atoms with E-state index >= 15 is 0 Å². The number of carboxylic acid groups (broad SMARTS) is 1. The van der Waals surface area contributed by atoms with Crippen LogP contribution in [0.15, 0.2) is 59.0 Å². The van der Waals surface area contributed by atoms with Crippen molar-refractivity contribution in [3.63, 3.8) is 0 Å².